The summed E-state index contributed by atoms with van der Waals surface area (Å²) >= 11 is 0. The van der Waals surface area contributed by atoms with Crippen LogP contribution in [-0.4, -0.2) is 19.5 Å². The van der Waals surface area contributed by atoms with Crippen molar-refractivity contribution < 1.29 is 4.42 Å². The van der Waals surface area contributed by atoms with Gasteiger partial charge in [-0.1, -0.05) is 146 Å². The number of benzene rings is 9. The molecule has 12 rings (SSSR count). The highest BCUT2D eigenvalue weighted by Gasteiger charge is 2.21. The SMILES string of the molecule is c1ccc(-c2cccc(-c3nc(-c4ccccc4)nc(-c4cc5oc6ccccc6c5c5cc(-n6c7ccccc7c7cc8ccccc8cc76)ccc45)n3)c2)cc1. The Kier molecular flexibility index (Phi) is 7.16. The van der Waals surface area contributed by atoms with Crippen LogP contribution in [0.1, 0.15) is 0 Å². The van der Waals surface area contributed by atoms with Crippen LogP contribution < -0.4 is 0 Å². The van der Waals surface area contributed by atoms with E-state index < -0.39 is 0 Å². The Hall–Kier alpha value is -7.89. The molecule has 0 aliphatic carbocycles. The van der Waals surface area contributed by atoms with Crippen LogP contribution in [0, 0.1) is 0 Å². The summed E-state index contributed by atoms with van der Waals surface area (Å²) < 4.78 is 9.05. The van der Waals surface area contributed by atoms with Crippen LogP contribution in [0.15, 0.2) is 199 Å². The minimum atomic E-state index is 0.581. The molecule has 0 N–H and O–H groups in total. The number of furan rings is 1. The van der Waals surface area contributed by atoms with Crippen molar-refractivity contribution in [3.63, 3.8) is 0 Å². The van der Waals surface area contributed by atoms with Crippen molar-refractivity contribution in [2.45, 2.75) is 0 Å². The first kappa shape index (κ1) is 32.4. The summed E-state index contributed by atoms with van der Waals surface area (Å²) in [5.74, 6) is 1.80. The van der Waals surface area contributed by atoms with E-state index in [2.05, 4.69) is 150 Å². The van der Waals surface area contributed by atoms with Crippen molar-refractivity contribution >= 4 is 65.3 Å². The van der Waals surface area contributed by atoms with Gasteiger partial charge in [-0.15, -0.1) is 0 Å². The Morgan fingerprint density at radius 1 is 0.345 bits per heavy atom. The monoisotopic (exact) mass is 740 g/mol. The zero-order valence-electron chi connectivity index (χ0n) is 31.2. The zero-order chi connectivity index (χ0) is 38.2. The summed E-state index contributed by atoms with van der Waals surface area (Å²) in [5.41, 5.74) is 9.95. The number of hydrogen-bond donors (Lipinski definition) is 0. The van der Waals surface area contributed by atoms with Crippen molar-refractivity contribution in [1.82, 2.24) is 19.5 Å². The topological polar surface area (TPSA) is 56.7 Å². The van der Waals surface area contributed by atoms with E-state index in [0.717, 1.165) is 77.2 Å². The molecule has 0 aliphatic heterocycles. The third kappa shape index (κ3) is 5.14. The Morgan fingerprint density at radius 2 is 0.983 bits per heavy atom. The van der Waals surface area contributed by atoms with Gasteiger partial charge in [-0.25, -0.2) is 15.0 Å². The molecular weight excluding hydrogens is 709 g/mol. The Labute approximate surface area is 333 Å². The largest absolute Gasteiger partial charge is 0.456 e. The van der Waals surface area contributed by atoms with Crippen molar-refractivity contribution in [2.24, 2.45) is 0 Å². The molecule has 5 nitrogen and oxygen atoms in total. The predicted octanol–water partition coefficient (Wildman–Crippen LogP) is 13.8. The maximum atomic E-state index is 6.66. The van der Waals surface area contributed by atoms with Gasteiger partial charge in [0, 0.05) is 43.9 Å². The lowest BCUT2D eigenvalue weighted by atomic mass is 9.97. The Balaban J connectivity index is 1.13. The summed E-state index contributed by atoms with van der Waals surface area (Å²) in [6.45, 7) is 0. The molecule has 0 radical (unpaired) electrons. The molecule has 58 heavy (non-hydrogen) atoms. The molecule has 0 fully saturated rings. The number of para-hydroxylation sites is 2. The molecule has 0 aliphatic rings. The quantitative estimate of drug-likeness (QED) is 0.176. The van der Waals surface area contributed by atoms with Gasteiger partial charge in [0.1, 0.15) is 11.2 Å². The minimum absolute atomic E-state index is 0.581. The smallest absolute Gasteiger partial charge is 0.164 e. The van der Waals surface area contributed by atoms with E-state index in [1.807, 2.05) is 48.5 Å². The third-order valence-corrected chi connectivity index (χ3v) is 11.4. The first-order valence-corrected chi connectivity index (χ1v) is 19.5. The normalized spacial score (nSPS) is 11.8. The van der Waals surface area contributed by atoms with E-state index in [4.69, 9.17) is 19.4 Å². The molecule has 12 aromatic rings. The summed E-state index contributed by atoms with van der Waals surface area (Å²) in [6, 6.07) is 68.0. The van der Waals surface area contributed by atoms with Crippen LogP contribution in [0.2, 0.25) is 0 Å². The molecule has 0 amide bonds. The van der Waals surface area contributed by atoms with Gasteiger partial charge >= 0.3 is 0 Å². The molecule has 3 heterocycles. The van der Waals surface area contributed by atoms with Gasteiger partial charge in [-0.3, -0.25) is 0 Å². The molecule has 270 valence electrons. The van der Waals surface area contributed by atoms with E-state index in [0.29, 0.717) is 17.5 Å². The fourth-order valence-corrected chi connectivity index (χ4v) is 8.69. The van der Waals surface area contributed by atoms with Gasteiger partial charge in [-0.2, -0.15) is 0 Å². The average molecular weight is 741 g/mol. The summed E-state index contributed by atoms with van der Waals surface area (Å²) in [4.78, 5) is 15.6. The molecular formula is C53H32N4O. The molecule has 9 aromatic carbocycles. The molecule has 0 saturated heterocycles. The molecule has 0 atom stereocenters. The van der Waals surface area contributed by atoms with E-state index in [1.54, 1.807) is 0 Å². The highest BCUT2D eigenvalue weighted by Crippen LogP contribution is 2.42. The van der Waals surface area contributed by atoms with Crippen LogP contribution in [0.4, 0.5) is 0 Å². The number of fused-ring (bicyclic) bond motifs is 9. The lowest BCUT2D eigenvalue weighted by Crippen LogP contribution is -2.01. The average Bonchev–Trinajstić information content (AvgIpc) is 3.83. The number of rotatable bonds is 5. The third-order valence-electron chi connectivity index (χ3n) is 11.4. The van der Waals surface area contributed by atoms with Crippen molar-refractivity contribution in [3.8, 4) is 51.0 Å². The fraction of sp³-hybridized carbons (Fsp3) is 0. The Bertz CT molecular complexity index is 3570. The van der Waals surface area contributed by atoms with Gasteiger partial charge in [0.05, 0.1) is 11.0 Å². The predicted molar refractivity (Wildman–Crippen MR) is 238 cm³/mol. The van der Waals surface area contributed by atoms with Crippen molar-refractivity contribution in [3.05, 3.63) is 194 Å². The lowest BCUT2D eigenvalue weighted by molar-refractivity contribution is 0.669. The number of aromatic nitrogens is 4. The van der Waals surface area contributed by atoms with Gasteiger partial charge < -0.3 is 8.98 Å². The second-order valence-corrected chi connectivity index (χ2v) is 14.8. The maximum absolute atomic E-state index is 6.66. The highest BCUT2D eigenvalue weighted by atomic mass is 16.3. The van der Waals surface area contributed by atoms with Gasteiger partial charge in [0.2, 0.25) is 0 Å². The first-order chi connectivity index (χ1) is 28.7. The van der Waals surface area contributed by atoms with Crippen LogP contribution >= 0.6 is 0 Å². The van der Waals surface area contributed by atoms with Crippen molar-refractivity contribution in [2.75, 3.05) is 0 Å². The van der Waals surface area contributed by atoms with Gasteiger partial charge in [0.15, 0.2) is 17.5 Å². The van der Waals surface area contributed by atoms with Gasteiger partial charge in [-0.05, 0) is 81.2 Å². The van der Waals surface area contributed by atoms with E-state index >= 15 is 0 Å². The van der Waals surface area contributed by atoms with Crippen LogP contribution in [-0.2, 0) is 0 Å². The number of hydrogen-bond acceptors (Lipinski definition) is 4. The summed E-state index contributed by atoms with van der Waals surface area (Å²) in [6.07, 6.45) is 0. The van der Waals surface area contributed by atoms with Crippen molar-refractivity contribution in [1.29, 1.82) is 0 Å². The zero-order valence-corrected chi connectivity index (χ0v) is 31.2. The summed E-state index contributed by atoms with van der Waals surface area (Å²) in [5, 5.41) is 9.11. The molecule has 0 saturated carbocycles. The first-order valence-electron chi connectivity index (χ1n) is 19.5. The molecule has 0 unspecified atom stereocenters. The van der Waals surface area contributed by atoms with E-state index in [1.165, 1.54) is 21.5 Å². The van der Waals surface area contributed by atoms with Crippen LogP contribution in [0.3, 0.4) is 0 Å². The van der Waals surface area contributed by atoms with E-state index in [9.17, 15) is 0 Å². The highest BCUT2D eigenvalue weighted by molar-refractivity contribution is 6.22. The second-order valence-electron chi connectivity index (χ2n) is 14.8. The van der Waals surface area contributed by atoms with E-state index in [-0.39, 0.29) is 0 Å². The molecule has 0 bridgehead atoms. The van der Waals surface area contributed by atoms with Crippen LogP contribution in [0.25, 0.3) is 116 Å². The van der Waals surface area contributed by atoms with Gasteiger partial charge in [0.25, 0.3) is 0 Å². The Morgan fingerprint density at radius 3 is 1.81 bits per heavy atom. The minimum Gasteiger partial charge on any atom is -0.456 e. The summed E-state index contributed by atoms with van der Waals surface area (Å²) in [7, 11) is 0. The molecule has 5 heteroatoms. The fourth-order valence-electron chi connectivity index (χ4n) is 8.69. The lowest BCUT2D eigenvalue weighted by Gasteiger charge is -2.14. The maximum Gasteiger partial charge on any atom is 0.164 e. The molecule has 3 aromatic heterocycles. The van der Waals surface area contributed by atoms with Crippen LogP contribution in [0.5, 0.6) is 0 Å². The standard InChI is InChI=1S/C53H32N4O/c1-3-14-33(15-4-1)35-20-13-21-38(28-35)52-54-51(34-16-5-2-6-17-34)55-53(56-52)45-32-49-50(42-23-10-12-25-48(42)58-49)44-31-39(26-27-40(44)45)57-46-24-11-9-22-41(46)43-29-36-18-7-8-19-37(36)30-47(43)57/h1-32H. The second kappa shape index (κ2) is 12.8. The number of nitrogens with zero attached hydrogens (tertiary/aromatic N) is 4. The molecule has 0 spiro atoms.